The minimum Gasteiger partial charge on any atom is -0.232 e. The molecule has 0 radical (unpaired) electrons. The largest absolute Gasteiger partial charge is 0.232 e. The van der Waals surface area contributed by atoms with E-state index in [0.717, 1.165) is 0 Å². The van der Waals surface area contributed by atoms with Crippen LogP contribution < -0.4 is 0 Å². The summed E-state index contributed by atoms with van der Waals surface area (Å²) in [5.41, 5.74) is 1.86. The highest BCUT2D eigenvalue weighted by atomic mass is 32.3. The van der Waals surface area contributed by atoms with Gasteiger partial charge in [0, 0.05) is 0 Å². The maximum absolute atomic E-state index is 2.40. The Bertz CT molecular complexity index is 392. The van der Waals surface area contributed by atoms with Gasteiger partial charge in [-0.3, -0.25) is 0 Å². The molecule has 0 bridgehead atoms. The Balaban J connectivity index is 3.58. The lowest BCUT2D eigenvalue weighted by molar-refractivity contribution is 0.564. The van der Waals surface area contributed by atoms with Gasteiger partial charge in [0.25, 0.3) is 0 Å². The average Bonchev–Trinajstić information content (AvgIpc) is 2.13. The second kappa shape index (κ2) is 4.89. The maximum atomic E-state index is 2.40. The van der Waals surface area contributed by atoms with Gasteiger partial charge >= 0.3 is 0 Å². The molecule has 0 nitrogen and oxygen atoms in total. The molecule has 17 heavy (non-hydrogen) atoms. The van der Waals surface area contributed by atoms with Crippen molar-refractivity contribution in [3.63, 3.8) is 0 Å². The molecule has 1 aromatic carbocycles. The van der Waals surface area contributed by atoms with E-state index in [4.69, 9.17) is 0 Å². The van der Waals surface area contributed by atoms with Crippen LogP contribution in [0.4, 0.5) is 0 Å². The van der Waals surface area contributed by atoms with E-state index < -0.39 is 10.0 Å². The Kier molecular flexibility index (Phi) is 4.31. The quantitative estimate of drug-likeness (QED) is 0.744. The fraction of sp³-hybridized carbons (Fsp3) is 0.600. The van der Waals surface area contributed by atoms with Crippen LogP contribution in [0.25, 0.3) is 0 Å². The molecule has 2 heteroatoms. The van der Waals surface area contributed by atoms with Crippen LogP contribution in [0, 0.1) is 0 Å². The molecule has 0 fully saturated rings. The fourth-order valence-corrected chi connectivity index (χ4v) is 5.03. The summed E-state index contributed by atoms with van der Waals surface area (Å²) in [5, 5.41) is 0. The molecule has 0 unspecified atom stereocenters. The van der Waals surface area contributed by atoms with E-state index in [1.54, 1.807) is 15.4 Å². The van der Waals surface area contributed by atoms with Crippen molar-refractivity contribution in [1.82, 2.24) is 0 Å². The molecule has 0 aromatic heterocycles. The summed E-state index contributed by atoms with van der Waals surface area (Å²) < 4.78 is 0. The molecule has 0 aliphatic carbocycles. The van der Waals surface area contributed by atoms with Gasteiger partial charge in [-0.15, -0.1) is 0 Å². The molecule has 1 rings (SSSR count). The molecule has 0 aliphatic rings. The maximum Gasteiger partial charge on any atom is -0.00582 e. The summed E-state index contributed by atoms with van der Waals surface area (Å²) in [7, 11) is -0.693. The highest BCUT2D eigenvalue weighted by Crippen LogP contribution is 2.53. The summed E-state index contributed by atoms with van der Waals surface area (Å²) in [6.45, 7) is 7.04. The molecule has 0 aliphatic heterocycles. The first-order chi connectivity index (χ1) is 7.55. The van der Waals surface area contributed by atoms with Crippen LogP contribution in [-0.4, -0.2) is 31.3 Å². The minimum absolute atomic E-state index is 0.0307. The van der Waals surface area contributed by atoms with Crippen molar-refractivity contribution < 1.29 is 0 Å². The molecule has 0 saturated carbocycles. The summed E-state index contributed by atoms with van der Waals surface area (Å²) in [5.74, 6) is 0. The van der Waals surface area contributed by atoms with Crippen LogP contribution in [0.15, 0.2) is 28.0 Å². The van der Waals surface area contributed by atoms with E-state index in [0.29, 0.717) is 0 Å². The second-order valence-electron chi connectivity index (χ2n) is 6.63. The normalized spacial score (nSPS) is 14.7. The van der Waals surface area contributed by atoms with Crippen LogP contribution in [0.3, 0.4) is 0 Å². The smallest absolute Gasteiger partial charge is 0.00582 e. The SMILES string of the molecule is C[SH](C)c1cccc(S(C)(C)C)c1C(C)(C)C. The van der Waals surface area contributed by atoms with E-state index in [2.05, 4.69) is 70.2 Å². The standard InChI is InChI=1S/C15H28S2/c1-15(2,3)14-12(16(4)5)10-9-11-13(14)17(6,7)8/h9-11,16H,1-8H3. The predicted molar refractivity (Wildman–Crippen MR) is 87.9 cm³/mol. The van der Waals surface area contributed by atoms with Crippen molar-refractivity contribution in [3.05, 3.63) is 23.8 Å². The zero-order valence-corrected chi connectivity index (χ0v) is 14.3. The summed E-state index contributed by atoms with van der Waals surface area (Å²) in [6, 6.07) is 6.93. The fourth-order valence-electron chi connectivity index (χ4n) is 2.16. The zero-order chi connectivity index (χ0) is 13.4. The first kappa shape index (κ1) is 15.0. The number of hydrogen-bond acceptors (Lipinski definition) is 0. The van der Waals surface area contributed by atoms with Crippen molar-refractivity contribution in [1.29, 1.82) is 0 Å². The summed E-state index contributed by atoms with van der Waals surface area (Å²) in [6.07, 6.45) is 11.9. The monoisotopic (exact) mass is 272 g/mol. The molecular formula is C15H28S2. The number of rotatable bonds is 2. The van der Waals surface area contributed by atoms with Crippen LogP contribution in [-0.2, 0) is 5.41 Å². The highest BCUT2D eigenvalue weighted by molar-refractivity contribution is 8.32. The van der Waals surface area contributed by atoms with Gasteiger partial charge in [-0.25, -0.2) is 20.9 Å². The van der Waals surface area contributed by atoms with Gasteiger partial charge < -0.3 is 0 Å². The molecular weight excluding hydrogens is 244 g/mol. The van der Waals surface area contributed by atoms with Crippen molar-refractivity contribution >= 4 is 20.9 Å². The first-order valence-electron chi connectivity index (χ1n) is 6.04. The van der Waals surface area contributed by atoms with Gasteiger partial charge in [-0.1, -0.05) is 26.8 Å². The third kappa shape index (κ3) is 3.45. The van der Waals surface area contributed by atoms with E-state index in [9.17, 15) is 0 Å². The van der Waals surface area contributed by atoms with E-state index >= 15 is 0 Å². The molecule has 100 valence electrons. The van der Waals surface area contributed by atoms with Gasteiger partial charge in [-0.05, 0) is 64.2 Å². The van der Waals surface area contributed by atoms with Crippen LogP contribution in [0.5, 0.6) is 0 Å². The first-order valence-corrected chi connectivity index (χ1v) is 11.1. The third-order valence-corrected chi connectivity index (χ3v) is 5.89. The summed E-state index contributed by atoms with van der Waals surface area (Å²) in [4.78, 5) is 3.19. The molecule has 0 spiro atoms. The Morgan fingerprint density at radius 3 is 1.88 bits per heavy atom. The Morgan fingerprint density at radius 2 is 1.53 bits per heavy atom. The highest BCUT2D eigenvalue weighted by Gasteiger charge is 2.25. The van der Waals surface area contributed by atoms with Crippen LogP contribution >= 0.6 is 20.9 Å². The number of benzene rings is 1. The second-order valence-corrected chi connectivity index (χ2v) is 13.0. The number of thiol groups is 1. The Labute approximate surface area is 112 Å². The van der Waals surface area contributed by atoms with Gasteiger partial charge in [-0.2, -0.15) is 0 Å². The van der Waals surface area contributed by atoms with Gasteiger partial charge in [0.15, 0.2) is 0 Å². The van der Waals surface area contributed by atoms with Gasteiger partial charge in [0.2, 0.25) is 0 Å². The van der Waals surface area contributed by atoms with E-state index in [-0.39, 0.29) is 16.3 Å². The van der Waals surface area contributed by atoms with E-state index in [1.165, 1.54) is 0 Å². The Morgan fingerprint density at radius 1 is 1.00 bits per heavy atom. The van der Waals surface area contributed by atoms with Crippen molar-refractivity contribution in [2.24, 2.45) is 0 Å². The molecule has 0 N–H and O–H groups in total. The predicted octanol–water partition coefficient (Wildman–Crippen LogP) is 4.66. The molecule has 0 atom stereocenters. The lowest BCUT2D eigenvalue weighted by atomic mass is 9.87. The van der Waals surface area contributed by atoms with Gasteiger partial charge in [0.1, 0.15) is 0 Å². The van der Waals surface area contributed by atoms with Crippen molar-refractivity contribution in [3.8, 4) is 0 Å². The van der Waals surface area contributed by atoms with Crippen LogP contribution in [0.1, 0.15) is 26.3 Å². The van der Waals surface area contributed by atoms with Crippen molar-refractivity contribution in [2.45, 2.75) is 36.0 Å². The minimum atomic E-state index is -0.662. The zero-order valence-electron chi connectivity index (χ0n) is 12.6. The molecule has 0 saturated heterocycles. The topological polar surface area (TPSA) is 0 Å². The van der Waals surface area contributed by atoms with Crippen molar-refractivity contribution in [2.75, 3.05) is 31.3 Å². The summed E-state index contributed by atoms with van der Waals surface area (Å²) >= 11 is 0. The van der Waals surface area contributed by atoms with Crippen LogP contribution in [0.2, 0.25) is 0 Å². The lowest BCUT2D eigenvalue weighted by Crippen LogP contribution is -2.17. The number of hydrogen-bond donors (Lipinski definition) is 1. The Hall–Kier alpha value is -0.0800. The average molecular weight is 273 g/mol. The van der Waals surface area contributed by atoms with E-state index in [1.807, 2.05) is 0 Å². The van der Waals surface area contributed by atoms with Gasteiger partial charge in [0.05, 0.1) is 0 Å². The lowest BCUT2D eigenvalue weighted by Gasteiger charge is -2.36. The molecule has 1 aromatic rings. The third-order valence-electron chi connectivity index (χ3n) is 2.90. The molecule has 0 heterocycles. The molecule has 0 amide bonds.